The maximum Gasteiger partial charge on any atom is 0.247 e. The van der Waals surface area contributed by atoms with Crippen LogP contribution in [-0.2, 0) is 10.0 Å². The molecule has 5 rings (SSSR count). The Morgan fingerprint density at radius 2 is 1.75 bits per heavy atom. The molecule has 0 saturated heterocycles. The Morgan fingerprint density at radius 3 is 2.41 bits per heavy atom. The fourth-order valence-electron chi connectivity index (χ4n) is 3.90. The zero-order chi connectivity index (χ0) is 22.3. The summed E-state index contributed by atoms with van der Waals surface area (Å²) in [5, 5.41) is 11.4. The van der Waals surface area contributed by atoms with Crippen molar-refractivity contribution >= 4 is 27.1 Å². The number of hydrogen-bond donors (Lipinski definition) is 0. The van der Waals surface area contributed by atoms with Crippen LogP contribution < -0.4 is 0 Å². The van der Waals surface area contributed by atoms with Gasteiger partial charge in [0.15, 0.2) is 0 Å². The number of aryl methyl sites for hydroxylation is 1. The van der Waals surface area contributed by atoms with E-state index in [0.29, 0.717) is 6.42 Å². The van der Waals surface area contributed by atoms with E-state index in [-0.39, 0.29) is 0 Å². The lowest BCUT2D eigenvalue weighted by Gasteiger charge is -2.20. The topological polar surface area (TPSA) is 67.6 Å². The van der Waals surface area contributed by atoms with E-state index in [4.69, 9.17) is 5.10 Å². The van der Waals surface area contributed by atoms with E-state index in [9.17, 15) is 8.42 Å². The Morgan fingerprint density at radius 1 is 1.00 bits per heavy atom. The summed E-state index contributed by atoms with van der Waals surface area (Å²) in [6.07, 6.45) is 3.61. The molecule has 8 heteroatoms. The molecule has 0 amide bonds. The monoisotopic (exact) mass is 462 g/mol. The van der Waals surface area contributed by atoms with E-state index in [1.54, 1.807) is 11.3 Å². The van der Waals surface area contributed by atoms with Crippen LogP contribution in [-0.4, -0.2) is 34.6 Å². The summed E-state index contributed by atoms with van der Waals surface area (Å²) in [5.41, 5.74) is 5.37. The van der Waals surface area contributed by atoms with Crippen LogP contribution in [0, 0.1) is 6.92 Å². The van der Waals surface area contributed by atoms with Crippen molar-refractivity contribution in [3.05, 3.63) is 95.0 Å². The molecule has 0 aliphatic carbocycles. The van der Waals surface area contributed by atoms with Crippen molar-refractivity contribution in [2.45, 2.75) is 19.4 Å². The molecule has 162 valence electrons. The largest absolute Gasteiger partial charge is 0.247 e. The van der Waals surface area contributed by atoms with Gasteiger partial charge in [0.25, 0.3) is 0 Å². The first-order valence-electron chi connectivity index (χ1n) is 10.2. The number of thiophene rings is 1. The first-order chi connectivity index (χ1) is 15.4. The van der Waals surface area contributed by atoms with Crippen molar-refractivity contribution in [3.8, 4) is 16.3 Å². The van der Waals surface area contributed by atoms with Gasteiger partial charge in [0.1, 0.15) is 5.69 Å². The lowest BCUT2D eigenvalue weighted by molar-refractivity contribution is 0.375. The van der Waals surface area contributed by atoms with Gasteiger partial charge >= 0.3 is 0 Å². The number of hydrazone groups is 1. The minimum absolute atomic E-state index is 0.462. The van der Waals surface area contributed by atoms with Crippen LogP contribution in [0.4, 0.5) is 0 Å². The fourth-order valence-corrected chi connectivity index (χ4v) is 5.52. The molecule has 0 N–H and O–H groups in total. The van der Waals surface area contributed by atoms with Gasteiger partial charge in [-0.05, 0) is 36.1 Å². The summed E-state index contributed by atoms with van der Waals surface area (Å²) in [4.78, 5) is 0.993. The molecule has 1 aliphatic rings. The summed E-state index contributed by atoms with van der Waals surface area (Å²) in [6.45, 7) is 2.02. The van der Waals surface area contributed by atoms with Crippen LogP contribution in [0.2, 0.25) is 0 Å². The highest BCUT2D eigenvalue weighted by Crippen LogP contribution is 2.40. The zero-order valence-electron chi connectivity index (χ0n) is 17.7. The van der Waals surface area contributed by atoms with Crippen LogP contribution in [0.3, 0.4) is 0 Å². The maximum absolute atomic E-state index is 12.7. The summed E-state index contributed by atoms with van der Waals surface area (Å²) in [6, 6.07) is 21.4. The molecular formula is C24H22N4O2S2. The summed E-state index contributed by atoms with van der Waals surface area (Å²) < 4.78 is 28.5. The molecule has 6 nitrogen and oxygen atoms in total. The highest BCUT2D eigenvalue weighted by atomic mass is 32.2. The van der Waals surface area contributed by atoms with E-state index in [1.165, 1.54) is 10.7 Å². The standard InChI is InChI=1S/C24H22N4O2S2/c1-17-10-12-18(13-11-17)21-15-22(28(25-21)32(2,29)30)20-16-27(19-7-4-3-5-8-19)26-24(20)23-9-6-14-31-23/h3-14,16,22H,15H2,1-2H3/t22-/m1/s1. The molecule has 0 saturated carbocycles. The third kappa shape index (κ3) is 3.87. The minimum atomic E-state index is -3.58. The number of aromatic nitrogens is 2. The lowest BCUT2D eigenvalue weighted by atomic mass is 9.98. The van der Waals surface area contributed by atoms with Crippen molar-refractivity contribution in [1.29, 1.82) is 0 Å². The van der Waals surface area contributed by atoms with Crippen molar-refractivity contribution < 1.29 is 8.42 Å². The van der Waals surface area contributed by atoms with Crippen molar-refractivity contribution in [2.75, 3.05) is 6.26 Å². The normalized spacial score (nSPS) is 16.4. The van der Waals surface area contributed by atoms with E-state index < -0.39 is 16.1 Å². The van der Waals surface area contributed by atoms with Gasteiger partial charge in [0, 0.05) is 18.2 Å². The van der Waals surface area contributed by atoms with Gasteiger partial charge < -0.3 is 0 Å². The summed E-state index contributed by atoms with van der Waals surface area (Å²) in [7, 11) is -3.58. The molecule has 0 fully saturated rings. The van der Waals surface area contributed by atoms with E-state index in [1.807, 2.05) is 89.9 Å². The smallest absolute Gasteiger partial charge is 0.240 e. The highest BCUT2D eigenvalue weighted by Gasteiger charge is 2.37. The number of nitrogens with zero attached hydrogens (tertiary/aromatic N) is 4. The molecule has 2 aromatic carbocycles. The predicted octanol–water partition coefficient (Wildman–Crippen LogP) is 5.02. The molecule has 0 spiro atoms. The van der Waals surface area contributed by atoms with Crippen LogP contribution in [0.25, 0.3) is 16.3 Å². The van der Waals surface area contributed by atoms with Gasteiger partial charge in [-0.2, -0.15) is 14.6 Å². The Hall–Kier alpha value is -3.23. The number of hydrogen-bond acceptors (Lipinski definition) is 5. The maximum atomic E-state index is 12.7. The van der Waals surface area contributed by atoms with Gasteiger partial charge in [-0.15, -0.1) is 11.3 Å². The molecule has 0 radical (unpaired) electrons. The number of para-hydroxylation sites is 1. The van der Waals surface area contributed by atoms with Gasteiger partial charge in [-0.25, -0.2) is 13.1 Å². The average molecular weight is 463 g/mol. The molecule has 0 bridgehead atoms. The van der Waals surface area contributed by atoms with E-state index >= 15 is 0 Å². The minimum Gasteiger partial charge on any atom is -0.240 e. The summed E-state index contributed by atoms with van der Waals surface area (Å²) in [5.74, 6) is 0. The Kier molecular flexibility index (Phi) is 5.19. The van der Waals surface area contributed by atoms with E-state index in [0.717, 1.165) is 38.7 Å². The van der Waals surface area contributed by atoms with Gasteiger partial charge in [0.05, 0.1) is 28.6 Å². The molecule has 1 aliphatic heterocycles. The second kappa shape index (κ2) is 8.03. The molecule has 1 atom stereocenters. The van der Waals surface area contributed by atoms with Crippen LogP contribution in [0.5, 0.6) is 0 Å². The quantitative estimate of drug-likeness (QED) is 0.418. The molecule has 4 aromatic rings. The first-order valence-corrected chi connectivity index (χ1v) is 13.0. The average Bonchev–Trinajstić information content (AvgIpc) is 3.52. The Bertz CT molecular complexity index is 1370. The Labute approximate surface area is 191 Å². The van der Waals surface area contributed by atoms with Gasteiger partial charge in [0.2, 0.25) is 10.0 Å². The van der Waals surface area contributed by atoms with Crippen LogP contribution in [0.15, 0.2) is 83.4 Å². The molecule has 3 heterocycles. The van der Waals surface area contributed by atoms with Crippen molar-refractivity contribution in [1.82, 2.24) is 14.2 Å². The fraction of sp³-hybridized carbons (Fsp3) is 0.167. The molecule has 2 aromatic heterocycles. The third-order valence-corrected chi connectivity index (χ3v) is 7.37. The predicted molar refractivity (Wildman–Crippen MR) is 129 cm³/mol. The van der Waals surface area contributed by atoms with Crippen molar-refractivity contribution in [3.63, 3.8) is 0 Å². The molecule has 32 heavy (non-hydrogen) atoms. The molecular weight excluding hydrogens is 440 g/mol. The zero-order valence-corrected chi connectivity index (χ0v) is 19.3. The van der Waals surface area contributed by atoms with Crippen molar-refractivity contribution in [2.24, 2.45) is 5.10 Å². The van der Waals surface area contributed by atoms with Gasteiger partial charge in [-0.3, -0.25) is 0 Å². The van der Waals surface area contributed by atoms with Crippen LogP contribution in [0.1, 0.15) is 29.2 Å². The third-order valence-electron chi connectivity index (χ3n) is 5.47. The van der Waals surface area contributed by atoms with E-state index in [2.05, 4.69) is 5.10 Å². The second-order valence-electron chi connectivity index (χ2n) is 7.86. The number of sulfonamides is 1. The van der Waals surface area contributed by atoms with Gasteiger partial charge in [-0.1, -0.05) is 54.1 Å². The molecule has 0 unspecified atom stereocenters. The van der Waals surface area contributed by atoms with Crippen LogP contribution >= 0.6 is 11.3 Å². The number of benzene rings is 2. The second-order valence-corrected chi connectivity index (χ2v) is 10.6. The lowest BCUT2D eigenvalue weighted by Crippen LogP contribution is -2.26. The highest BCUT2D eigenvalue weighted by molar-refractivity contribution is 7.88. The number of rotatable bonds is 5. The first kappa shape index (κ1) is 20.7. The summed E-state index contributed by atoms with van der Waals surface area (Å²) >= 11 is 1.58. The SMILES string of the molecule is Cc1ccc(C2=NN(S(C)(=O)=O)[C@@H](c3cn(-c4ccccc4)nc3-c3cccs3)C2)cc1. The Balaban J connectivity index is 1.62.